The van der Waals surface area contributed by atoms with Gasteiger partial charge in [0, 0.05) is 37.0 Å². The highest BCUT2D eigenvalue weighted by Gasteiger charge is 2.34. The lowest BCUT2D eigenvalue weighted by Crippen LogP contribution is -2.63. The van der Waals surface area contributed by atoms with Crippen LogP contribution < -0.4 is 5.32 Å². The van der Waals surface area contributed by atoms with Crippen molar-refractivity contribution in [2.24, 2.45) is 5.92 Å². The molecule has 0 aromatic carbocycles. The number of nitrogens with one attached hydrogen (secondary N) is 1. The molecule has 1 rings (SSSR count). The van der Waals surface area contributed by atoms with Crippen LogP contribution in [0.3, 0.4) is 0 Å². The fourth-order valence-electron chi connectivity index (χ4n) is 2.49. The van der Waals surface area contributed by atoms with E-state index in [1.807, 2.05) is 0 Å². The predicted octanol–water partition coefficient (Wildman–Crippen LogP) is 1.13. The summed E-state index contributed by atoms with van der Waals surface area (Å²) in [6, 6.07) is 0.435. The van der Waals surface area contributed by atoms with Crippen molar-refractivity contribution in [2.45, 2.75) is 46.2 Å². The standard InChI is InChI=1S/C13H28N2O2S/c1-6-18(16,17)8-7-15-10-13(4,5)14-9-12(15)11(2)3/h11-12,14H,6-10H2,1-5H3. The van der Waals surface area contributed by atoms with Crippen LogP contribution >= 0.6 is 0 Å². The molecule has 1 aliphatic heterocycles. The van der Waals surface area contributed by atoms with Gasteiger partial charge in [-0.25, -0.2) is 8.42 Å². The molecule has 1 atom stereocenters. The molecule has 0 spiro atoms. The number of piperazine rings is 1. The minimum absolute atomic E-state index is 0.0708. The van der Waals surface area contributed by atoms with E-state index >= 15 is 0 Å². The Balaban J connectivity index is 2.68. The van der Waals surface area contributed by atoms with E-state index in [2.05, 4.69) is 37.9 Å². The van der Waals surface area contributed by atoms with Gasteiger partial charge in [-0.3, -0.25) is 4.90 Å². The fraction of sp³-hybridized carbons (Fsp3) is 1.00. The third-order valence-electron chi connectivity index (χ3n) is 3.76. The van der Waals surface area contributed by atoms with Gasteiger partial charge in [0.05, 0.1) is 5.75 Å². The van der Waals surface area contributed by atoms with Gasteiger partial charge in [-0.1, -0.05) is 20.8 Å². The molecule has 18 heavy (non-hydrogen) atoms. The van der Waals surface area contributed by atoms with Gasteiger partial charge in [0.1, 0.15) is 0 Å². The Morgan fingerprint density at radius 2 is 2.00 bits per heavy atom. The maximum atomic E-state index is 11.6. The van der Waals surface area contributed by atoms with Crippen molar-refractivity contribution in [2.75, 3.05) is 31.1 Å². The van der Waals surface area contributed by atoms with Crippen molar-refractivity contribution >= 4 is 9.84 Å². The molecule has 0 radical (unpaired) electrons. The minimum Gasteiger partial charge on any atom is -0.309 e. The van der Waals surface area contributed by atoms with E-state index in [9.17, 15) is 8.42 Å². The first-order valence-electron chi connectivity index (χ1n) is 6.86. The summed E-state index contributed by atoms with van der Waals surface area (Å²) < 4.78 is 23.3. The van der Waals surface area contributed by atoms with Crippen LogP contribution in [0.2, 0.25) is 0 Å². The fourth-order valence-corrected chi connectivity index (χ4v) is 3.30. The summed E-state index contributed by atoms with van der Waals surface area (Å²) in [6.45, 7) is 13.0. The van der Waals surface area contributed by atoms with E-state index in [-0.39, 0.29) is 17.0 Å². The molecule has 0 aliphatic carbocycles. The van der Waals surface area contributed by atoms with Crippen LogP contribution in [0.4, 0.5) is 0 Å². The highest BCUT2D eigenvalue weighted by atomic mass is 32.2. The Morgan fingerprint density at radius 3 is 2.50 bits per heavy atom. The van der Waals surface area contributed by atoms with E-state index in [1.54, 1.807) is 6.92 Å². The number of nitrogens with zero attached hydrogens (tertiary/aromatic N) is 1. The van der Waals surface area contributed by atoms with Crippen LogP contribution in [0.1, 0.15) is 34.6 Å². The van der Waals surface area contributed by atoms with Gasteiger partial charge in [0.15, 0.2) is 9.84 Å². The lowest BCUT2D eigenvalue weighted by Gasteiger charge is -2.46. The zero-order valence-electron chi connectivity index (χ0n) is 12.4. The van der Waals surface area contributed by atoms with Crippen molar-refractivity contribution < 1.29 is 8.42 Å². The van der Waals surface area contributed by atoms with Crippen molar-refractivity contribution in [3.05, 3.63) is 0 Å². The van der Waals surface area contributed by atoms with Gasteiger partial charge >= 0.3 is 0 Å². The summed E-state index contributed by atoms with van der Waals surface area (Å²) >= 11 is 0. The zero-order valence-corrected chi connectivity index (χ0v) is 13.2. The lowest BCUT2D eigenvalue weighted by atomic mass is 9.93. The largest absolute Gasteiger partial charge is 0.309 e. The molecule has 0 amide bonds. The molecule has 0 aromatic heterocycles. The van der Waals surface area contributed by atoms with Gasteiger partial charge in [-0.2, -0.15) is 0 Å². The van der Waals surface area contributed by atoms with Crippen molar-refractivity contribution in [1.82, 2.24) is 10.2 Å². The number of rotatable bonds is 5. The van der Waals surface area contributed by atoms with Crippen molar-refractivity contribution in [3.63, 3.8) is 0 Å². The second-order valence-electron chi connectivity index (χ2n) is 6.28. The molecular formula is C13H28N2O2S. The van der Waals surface area contributed by atoms with Crippen LogP contribution in [-0.2, 0) is 9.84 Å². The second kappa shape index (κ2) is 5.88. The third kappa shape index (κ3) is 4.52. The molecule has 0 saturated carbocycles. The number of hydrogen-bond donors (Lipinski definition) is 1. The number of sulfone groups is 1. The van der Waals surface area contributed by atoms with Crippen LogP contribution in [0.25, 0.3) is 0 Å². The molecule has 108 valence electrons. The van der Waals surface area contributed by atoms with Crippen molar-refractivity contribution in [3.8, 4) is 0 Å². The van der Waals surface area contributed by atoms with E-state index in [0.29, 0.717) is 18.5 Å². The molecule has 4 nitrogen and oxygen atoms in total. The molecule has 1 saturated heterocycles. The molecule has 1 fully saturated rings. The zero-order chi connectivity index (χ0) is 14.0. The maximum Gasteiger partial charge on any atom is 0.151 e. The average molecular weight is 276 g/mol. The van der Waals surface area contributed by atoms with Crippen LogP contribution in [-0.4, -0.2) is 56.0 Å². The monoisotopic (exact) mass is 276 g/mol. The topological polar surface area (TPSA) is 49.4 Å². The SMILES string of the molecule is CCS(=O)(=O)CCN1CC(C)(C)NCC1C(C)C. The summed E-state index contributed by atoms with van der Waals surface area (Å²) in [5.41, 5.74) is 0.0708. The second-order valence-corrected chi connectivity index (χ2v) is 8.76. The molecular weight excluding hydrogens is 248 g/mol. The Hall–Kier alpha value is -0.130. The maximum absolute atomic E-state index is 11.6. The lowest BCUT2D eigenvalue weighted by molar-refractivity contribution is 0.0752. The van der Waals surface area contributed by atoms with E-state index < -0.39 is 9.84 Å². The number of hydrogen-bond acceptors (Lipinski definition) is 4. The van der Waals surface area contributed by atoms with Gasteiger partial charge in [-0.05, 0) is 19.8 Å². The summed E-state index contributed by atoms with van der Waals surface area (Å²) in [6.07, 6.45) is 0. The molecule has 1 N–H and O–H groups in total. The average Bonchev–Trinajstić information content (AvgIpc) is 2.25. The minimum atomic E-state index is -2.87. The smallest absolute Gasteiger partial charge is 0.151 e. The molecule has 1 unspecified atom stereocenters. The van der Waals surface area contributed by atoms with E-state index in [1.165, 1.54) is 0 Å². The molecule has 0 aromatic rings. The van der Waals surface area contributed by atoms with Crippen LogP contribution in [0.15, 0.2) is 0 Å². The molecule has 0 bridgehead atoms. The summed E-state index contributed by atoms with van der Waals surface area (Å²) in [7, 11) is -2.87. The molecule has 1 aliphatic rings. The highest BCUT2D eigenvalue weighted by Crippen LogP contribution is 2.20. The Kier molecular flexibility index (Phi) is 5.21. The van der Waals surface area contributed by atoms with Crippen molar-refractivity contribution in [1.29, 1.82) is 0 Å². The van der Waals surface area contributed by atoms with Crippen LogP contribution in [0, 0.1) is 5.92 Å². The predicted molar refractivity (Wildman–Crippen MR) is 76.6 cm³/mol. The quantitative estimate of drug-likeness (QED) is 0.818. The first kappa shape index (κ1) is 15.9. The highest BCUT2D eigenvalue weighted by molar-refractivity contribution is 7.91. The Morgan fingerprint density at radius 1 is 1.39 bits per heavy atom. The van der Waals surface area contributed by atoms with Gasteiger partial charge in [0.25, 0.3) is 0 Å². The third-order valence-corrected chi connectivity index (χ3v) is 5.44. The van der Waals surface area contributed by atoms with E-state index in [4.69, 9.17) is 0 Å². The van der Waals surface area contributed by atoms with Gasteiger partial charge < -0.3 is 5.32 Å². The summed E-state index contributed by atoms with van der Waals surface area (Å²) in [5.74, 6) is 1.07. The first-order chi connectivity index (χ1) is 8.17. The van der Waals surface area contributed by atoms with Gasteiger partial charge in [0.2, 0.25) is 0 Å². The Labute approximate surface area is 112 Å². The van der Waals surface area contributed by atoms with E-state index in [0.717, 1.165) is 13.1 Å². The summed E-state index contributed by atoms with van der Waals surface area (Å²) in [5, 5.41) is 3.54. The molecule has 1 heterocycles. The molecule has 5 heteroatoms. The summed E-state index contributed by atoms with van der Waals surface area (Å²) in [4.78, 5) is 2.34. The van der Waals surface area contributed by atoms with Crippen LogP contribution in [0.5, 0.6) is 0 Å². The first-order valence-corrected chi connectivity index (χ1v) is 8.68. The normalized spacial score (nSPS) is 25.6. The van der Waals surface area contributed by atoms with Gasteiger partial charge in [-0.15, -0.1) is 0 Å². The Bertz CT molecular complexity index is 363.